The summed E-state index contributed by atoms with van der Waals surface area (Å²) in [5, 5.41) is 10.1. The van der Waals surface area contributed by atoms with Gasteiger partial charge in [0.15, 0.2) is 0 Å². The molecule has 5 atom stereocenters. The Morgan fingerprint density at radius 2 is 2.00 bits per heavy atom. The molecule has 0 bridgehead atoms. The van der Waals surface area contributed by atoms with Gasteiger partial charge in [0.1, 0.15) is 0 Å². The predicted octanol–water partition coefficient (Wildman–Crippen LogP) is 6.52. The Bertz CT molecular complexity index is 736. The average molecular weight is 434 g/mol. The third-order valence-electron chi connectivity index (χ3n) is 9.17. The van der Waals surface area contributed by atoms with Crippen LogP contribution < -0.4 is 0 Å². The monoisotopic (exact) mass is 433 g/mol. The summed E-state index contributed by atoms with van der Waals surface area (Å²) in [5.41, 5.74) is 4.29. The van der Waals surface area contributed by atoms with E-state index in [2.05, 4.69) is 30.6 Å². The third kappa shape index (κ3) is 5.00. The molecule has 0 aromatic heterocycles. The maximum Gasteiger partial charge on any atom is 0.249 e. The molecule has 3 saturated carbocycles. The van der Waals surface area contributed by atoms with Crippen LogP contribution in [-0.4, -0.2) is 41.7 Å². The molecular weight excluding hydrogens is 392 g/mol. The molecule has 1 aliphatic heterocycles. The molecule has 31 heavy (non-hydrogen) atoms. The molecule has 3 aliphatic carbocycles. The Kier molecular flexibility index (Phi) is 6.80. The van der Waals surface area contributed by atoms with Gasteiger partial charge in [-0.1, -0.05) is 36.8 Å². The zero-order valence-corrected chi connectivity index (χ0v) is 19.5. The maximum atomic E-state index is 13.7. The van der Waals surface area contributed by atoms with Gasteiger partial charge in [0, 0.05) is 12.5 Å². The number of hydrogen-bond donors (Lipinski definition) is 1. The molecule has 1 saturated heterocycles. The van der Waals surface area contributed by atoms with Crippen molar-refractivity contribution in [2.45, 2.75) is 90.1 Å². The van der Waals surface area contributed by atoms with Crippen molar-refractivity contribution < 1.29 is 13.9 Å². The fourth-order valence-corrected chi connectivity index (χ4v) is 6.97. The second kappa shape index (κ2) is 9.09. The number of alkyl halides is 2. The summed E-state index contributed by atoms with van der Waals surface area (Å²) in [6.07, 6.45) is 15.0. The lowest BCUT2D eigenvalue weighted by Crippen LogP contribution is -2.35. The van der Waals surface area contributed by atoms with Crippen molar-refractivity contribution in [2.24, 2.45) is 23.2 Å². The molecule has 4 heteroatoms. The Morgan fingerprint density at radius 1 is 1.19 bits per heavy atom. The van der Waals surface area contributed by atoms with Gasteiger partial charge >= 0.3 is 0 Å². The lowest BCUT2D eigenvalue weighted by Gasteiger charge is -2.43. The van der Waals surface area contributed by atoms with E-state index in [1.54, 1.807) is 5.57 Å². The minimum atomic E-state index is -2.54. The van der Waals surface area contributed by atoms with Gasteiger partial charge in [-0.05, 0) is 107 Å². The number of likely N-dealkylation sites (tertiary alicyclic amines) is 1. The predicted molar refractivity (Wildman–Crippen MR) is 123 cm³/mol. The summed E-state index contributed by atoms with van der Waals surface area (Å²) in [6.45, 7) is 9.92. The van der Waals surface area contributed by atoms with E-state index < -0.39 is 11.8 Å². The topological polar surface area (TPSA) is 23.5 Å². The summed E-state index contributed by atoms with van der Waals surface area (Å²) in [7, 11) is 0. The van der Waals surface area contributed by atoms with Crippen LogP contribution in [0.25, 0.3) is 0 Å². The molecule has 0 aromatic carbocycles. The van der Waals surface area contributed by atoms with Crippen LogP contribution in [0.2, 0.25) is 0 Å². The first-order valence-corrected chi connectivity index (χ1v) is 12.5. The fourth-order valence-electron chi connectivity index (χ4n) is 6.97. The highest BCUT2D eigenvalue weighted by Crippen LogP contribution is 2.58. The number of hydrogen-bond acceptors (Lipinski definition) is 2. The smallest absolute Gasteiger partial charge is 0.249 e. The fraction of sp³-hybridized carbons (Fsp3) is 0.778. The van der Waals surface area contributed by atoms with E-state index >= 15 is 0 Å². The summed E-state index contributed by atoms with van der Waals surface area (Å²) in [4.78, 5) is 2.28. The Morgan fingerprint density at radius 3 is 2.71 bits per heavy atom. The van der Waals surface area contributed by atoms with Crippen molar-refractivity contribution in [3.63, 3.8) is 0 Å². The highest BCUT2D eigenvalue weighted by atomic mass is 19.3. The maximum absolute atomic E-state index is 13.7. The number of halogens is 2. The lowest BCUT2D eigenvalue weighted by atomic mass is 9.63. The summed E-state index contributed by atoms with van der Waals surface area (Å²) >= 11 is 0. The van der Waals surface area contributed by atoms with Crippen LogP contribution in [0.5, 0.6) is 0 Å². The van der Waals surface area contributed by atoms with E-state index in [9.17, 15) is 13.9 Å². The molecular formula is C27H41F2NO. The molecule has 1 N–H and O–H groups in total. The summed E-state index contributed by atoms with van der Waals surface area (Å²) < 4.78 is 27.3. The van der Waals surface area contributed by atoms with Crippen molar-refractivity contribution in [3.05, 3.63) is 35.5 Å². The molecule has 0 amide bonds. The number of aliphatic hydroxyl groups excluding tert-OH is 1. The van der Waals surface area contributed by atoms with Gasteiger partial charge < -0.3 is 10.0 Å². The minimum Gasteiger partial charge on any atom is -0.388 e. The van der Waals surface area contributed by atoms with Gasteiger partial charge in [-0.3, -0.25) is 0 Å². The van der Waals surface area contributed by atoms with Crippen molar-refractivity contribution in [3.8, 4) is 0 Å². The highest BCUT2D eigenvalue weighted by Gasteiger charge is 2.49. The molecule has 1 heterocycles. The summed E-state index contributed by atoms with van der Waals surface area (Å²) in [5.74, 6) is -1.64. The van der Waals surface area contributed by atoms with E-state index in [1.165, 1.54) is 37.7 Å². The molecule has 4 rings (SSSR count). The van der Waals surface area contributed by atoms with Gasteiger partial charge in [-0.15, -0.1) is 0 Å². The number of aliphatic hydroxyl groups is 1. The molecule has 3 unspecified atom stereocenters. The van der Waals surface area contributed by atoms with Crippen LogP contribution in [-0.2, 0) is 0 Å². The second-order valence-corrected chi connectivity index (χ2v) is 11.2. The molecule has 0 spiro atoms. The van der Waals surface area contributed by atoms with Crippen LogP contribution in [0, 0.1) is 23.2 Å². The zero-order chi connectivity index (χ0) is 22.2. The van der Waals surface area contributed by atoms with Crippen LogP contribution in [0.1, 0.15) is 78.1 Å². The van der Waals surface area contributed by atoms with Gasteiger partial charge in [-0.25, -0.2) is 8.78 Å². The number of fused-ring (bicyclic) bond motifs is 1. The first kappa shape index (κ1) is 23.2. The van der Waals surface area contributed by atoms with E-state index in [1.807, 2.05) is 0 Å². The van der Waals surface area contributed by atoms with E-state index in [-0.39, 0.29) is 6.10 Å². The minimum absolute atomic E-state index is 0.358. The van der Waals surface area contributed by atoms with Crippen LogP contribution in [0.15, 0.2) is 35.5 Å². The van der Waals surface area contributed by atoms with Crippen LogP contribution in [0.4, 0.5) is 8.78 Å². The quantitative estimate of drug-likeness (QED) is 0.499. The molecule has 0 radical (unpaired) electrons. The van der Waals surface area contributed by atoms with Gasteiger partial charge in [0.25, 0.3) is 0 Å². The largest absolute Gasteiger partial charge is 0.388 e. The normalized spacial score (nSPS) is 40.1. The number of nitrogens with zero attached hydrogens (tertiary/aromatic N) is 1. The molecule has 4 fully saturated rings. The molecule has 174 valence electrons. The molecule has 2 nitrogen and oxygen atoms in total. The first-order chi connectivity index (χ1) is 14.7. The van der Waals surface area contributed by atoms with Crippen molar-refractivity contribution in [2.75, 3.05) is 19.6 Å². The lowest BCUT2D eigenvalue weighted by molar-refractivity contribution is -0.0353. The van der Waals surface area contributed by atoms with Crippen molar-refractivity contribution in [1.82, 2.24) is 4.90 Å². The van der Waals surface area contributed by atoms with Crippen molar-refractivity contribution in [1.29, 1.82) is 0 Å². The third-order valence-corrected chi connectivity index (χ3v) is 9.17. The second-order valence-electron chi connectivity index (χ2n) is 11.2. The molecule has 0 aromatic rings. The number of rotatable bonds is 5. The van der Waals surface area contributed by atoms with E-state index in [0.717, 1.165) is 51.3 Å². The van der Waals surface area contributed by atoms with Gasteiger partial charge in [0.05, 0.1) is 6.10 Å². The Labute approximate surface area is 187 Å². The average Bonchev–Trinajstić information content (AvgIpc) is 3.31. The van der Waals surface area contributed by atoms with E-state index in [4.69, 9.17) is 0 Å². The van der Waals surface area contributed by atoms with E-state index in [0.29, 0.717) is 30.2 Å². The Balaban J connectivity index is 1.36. The molecule has 4 aliphatic rings. The van der Waals surface area contributed by atoms with Crippen LogP contribution in [0.3, 0.4) is 0 Å². The van der Waals surface area contributed by atoms with Crippen molar-refractivity contribution >= 4 is 0 Å². The standard InChI is InChI=1S/C27H41F2NO/c1-19-6-7-20(17-25(19)31)8-9-21-5-4-14-26(2)22(10-11-24(21)26)12-15-30-16-13-23(18-30)27(3,28)29/h8-9,22-25,31H,1,4-7,10-18H2,2-3H3/b20-8-,21-9+/t22-,23+,24?,25?,26?/m1/s1. The first-order valence-electron chi connectivity index (χ1n) is 12.5. The summed E-state index contributed by atoms with van der Waals surface area (Å²) in [6, 6.07) is 0. The zero-order valence-electron chi connectivity index (χ0n) is 19.5. The van der Waals surface area contributed by atoms with Gasteiger partial charge in [-0.2, -0.15) is 0 Å². The van der Waals surface area contributed by atoms with Crippen LogP contribution >= 0.6 is 0 Å². The highest BCUT2D eigenvalue weighted by molar-refractivity contribution is 5.27. The van der Waals surface area contributed by atoms with Gasteiger partial charge in [0.2, 0.25) is 5.92 Å². The SMILES string of the molecule is C=C1CC/C(=C/C=C2\CCCC3(C)C2CC[C@@H]3CCN2CC[C@H](C(C)(F)F)C2)CC1O. The number of allylic oxidation sites excluding steroid dienone is 3. The Hall–Kier alpha value is -1.00.